The smallest absolute Gasteiger partial charge is 0.123 e. The maximum atomic E-state index is 13.5. The van der Waals surface area contributed by atoms with Gasteiger partial charge in [-0.25, -0.2) is 4.39 Å². The first-order valence-corrected chi connectivity index (χ1v) is 10.9. The maximum Gasteiger partial charge on any atom is 0.123 e. The molecule has 2 aromatic carbocycles. The molecule has 3 aromatic rings. The molecule has 3 heteroatoms. The number of thiophene rings is 1. The summed E-state index contributed by atoms with van der Waals surface area (Å²) in [6, 6.07) is 20.0. The van der Waals surface area contributed by atoms with Crippen LogP contribution in [0.1, 0.15) is 41.3 Å². The number of hydrogen-bond acceptors (Lipinski definition) is 2. The largest absolute Gasteiger partial charge is 0.298 e. The van der Waals surface area contributed by atoms with Crippen molar-refractivity contribution in [1.82, 2.24) is 4.90 Å². The number of nitrogens with zero attached hydrogens (tertiary/aromatic N) is 1. The van der Waals surface area contributed by atoms with Crippen LogP contribution in [-0.2, 0) is 13.0 Å². The SMILES string of the molecule is CCc1csc(C(=C2CCN(Cc3ccccc3)CC2)c2ccc(F)cc2)c1. The summed E-state index contributed by atoms with van der Waals surface area (Å²) in [5, 5.41) is 2.25. The monoisotopic (exact) mass is 391 g/mol. The summed E-state index contributed by atoms with van der Waals surface area (Å²) < 4.78 is 13.5. The van der Waals surface area contributed by atoms with Crippen LogP contribution in [-0.4, -0.2) is 18.0 Å². The van der Waals surface area contributed by atoms with Crippen LogP contribution >= 0.6 is 11.3 Å². The van der Waals surface area contributed by atoms with Gasteiger partial charge in [0.1, 0.15) is 5.82 Å². The van der Waals surface area contributed by atoms with Gasteiger partial charge in [-0.05, 0) is 65.1 Å². The number of rotatable bonds is 5. The van der Waals surface area contributed by atoms with E-state index in [9.17, 15) is 4.39 Å². The number of aryl methyl sites for hydroxylation is 1. The van der Waals surface area contributed by atoms with Gasteiger partial charge in [0, 0.05) is 24.5 Å². The van der Waals surface area contributed by atoms with E-state index in [0.29, 0.717) is 0 Å². The Morgan fingerprint density at radius 2 is 1.68 bits per heavy atom. The van der Waals surface area contributed by atoms with Crippen LogP contribution < -0.4 is 0 Å². The number of benzene rings is 2. The molecule has 1 fully saturated rings. The highest BCUT2D eigenvalue weighted by atomic mass is 32.1. The van der Waals surface area contributed by atoms with Gasteiger partial charge in [-0.3, -0.25) is 4.90 Å². The number of hydrogen-bond donors (Lipinski definition) is 0. The number of piperidine rings is 1. The van der Waals surface area contributed by atoms with Gasteiger partial charge in [-0.2, -0.15) is 0 Å². The third kappa shape index (κ3) is 4.43. The molecule has 0 N–H and O–H groups in total. The van der Waals surface area contributed by atoms with E-state index < -0.39 is 0 Å². The van der Waals surface area contributed by atoms with Crippen molar-refractivity contribution in [3.05, 3.63) is 99.0 Å². The van der Waals surface area contributed by atoms with Crippen molar-refractivity contribution in [2.24, 2.45) is 0 Å². The highest BCUT2D eigenvalue weighted by Gasteiger charge is 2.20. The maximum absolute atomic E-state index is 13.5. The van der Waals surface area contributed by atoms with Crippen LogP contribution in [0.15, 0.2) is 71.6 Å². The van der Waals surface area contributed by atoms with Gasteiger partial charge in [0.2, 0.25) is 0 Å². The first-order valence-electron chi connectivity index (χ1n) is 10.0. The van der Waals surface area contributed by atoms with Crippen LogP contribution in [0.2, 0.25) is 0 Å². The van der Waals surface area contributed by atoms with Gasteiger partial charge in [-0.1, -0.05) is 55.0 Å². The van der Waals surface area contributed by atoms with Crippen LogP contribution in [0.4, 0.5) is 4.39 Å². The molecule has 1 aromatic heterocycles. The first-order chi connectivity index (χ1) is 13.7. The minimum Gasteiger partial charge on any atom is -0.298 e. The van der Waals surface area contributed by atoms with Crippen molar-refractivity contribution >= 4 is 16.9 Å². The third-order valence-corrected chi connectivity index (χ3v) is 6.50. The molecule has 0 radical (unpaired) electrons. The topological polar surface area (TPSA) is 3.24 Å². The Kier molecular flexibility index (Phi) is 6.04. The molecule has 28 heavy (non-hydrogen) atoms. The van der Waals surface area contributed by atoms with Crippen LogP contribution in [0.5, 0.6) is 0 Å². The summed E-state index contributed by atoms with van der Waals surface area (Å²) in [6.45, 7) is 5.35. The van der Waals surface area contributed by atoms with E-state index >= 15 is 0 Å². The van der Waals surface area contributed by atoms with Crippen molar-refractivity contribution in [3.8, 4) is 0 Å². The first kappa shape index (κ1) is 19.1. The predicted octanol–water partition coefficient (Wildman–Crippen LogP) is 6.55. The van der Waals surface area contributed by atoms with Crippen molar-refractivity contribution in [1.29, 1.82) is 0 Å². The molecule has 1 nitrogen and oxygen atoms in total. The Labute approximate surface area is 171 Å². The Hall–Kier alpha value is -2.23. The normalized spacial score (nSPS) is 15.0. The van der Waals surface area contributed by atoms with E-state index in [1.165, 1.54) is 27.2 Å². The second kappa shape index (κ2) is 8.85. The molecule has 1 saturated heterocycles. The predicted molar refractivity (Wildman–Crippen MR) is 117 cm³/mol. The minimum atomic E-state index is -0.175. The van der Waals surface area contributed by atoms with E-state index in [2.05, 4.69) is 53.6 Å². The van der Waals surface area contributed by atoms with Crippen LogP contribution in [0, 0.1) is 5.82 Å². The molecule has 0 unspecified atom stereocenters. The van der Waals surface area contributed by atoms with Gasteiger partial charge in [0.25, 0.3) is 0 Å². The quantitative estimate of drug-likeness (QED) is 0.477. The summed E-state index contributed by atoms with van der Waals surface area (Å²) in [5.41, 5.74) is 6.71. The highest BCUT2D eigenvalue weighted by molar-refractivity contribution is 7.11. The molecule has 0 aliphatic carbocycles. The molecule has 144 valence electrons. The summed E-state index contributed by atoms with van der Waals surface area (Å²) in [6.07, 6.45) is 3.19. The fraction of sp³-hybridized carbons (Fsp3) is 0.280. The van der Waals surface area contributed by atoms with Crippen LogP contribution in [0.3, 0.4) is 0 Å². The van der Waals surface area contributed by atoms with Crippen molar-refractivity contribution in [3.63, 3.8) is 0 Å². The summed E-state index contributed by atoms with van der Waals surface area (Å²) in [4.78, 5) is 3.85. The Bertz CT molecular complexity index is 930. The van der Waals surface area contributed by atoms with Gasteiger partial charge in [-0.15, -0.1) is 11.3 Å². The molecule has 1 aliphatic heterocycles. The number of halogens is 1. The Morgan fingerprint density at radius 3 is 2.32 bits per heavy atom. The molecule has 4 rings (SSSR count). The van der Waals surface area contributed by atoms with E-state index in [1.54, 1.807) is 12.1 Å². The van der Waals surface area contributed by atoms with E-state index in [-0.39, 0.29) is 5.82 Å². The average molecular weight is 392 g/mol. The lowest BCUT2D eigenvalue weighted by Gasteiger charge is -2.30. The van der Waals surface area contributed by atoms with Crippen molar-refractivity contribution in [2.45, 2.75) is 32.7 Å². The summed E-state index contributed by atoms with van der Waals surface area (Å²) in [5.74, 6) is -0.175. The fourth-order valence-electron chi connectivity index (χ4n) is 3.90. The lowest BCUT2D eigenvalue weighted by Crippen LogP contribution is -2.30. The molecule has 0 atom stereocenters. The molecule has 0 saturated carbocycles. The Morgan fingerprint density at radius 1 is 0.964 bits per heavy atom. The van der Waals surface area contributed by atoms with Gasteiger partial charge in [0.15, 0.2) is 0 Å². The van der Waals surface area contributed by atoms with Crippen molar-refractivity contribution < 1.29 is 4.39 Å². The lowest BCUT2D eigenvalue weighted by molar-refractivity contribution is 0.248. The van der Waals surface area contributed by atoms with Gasteiger partial charge >= 0.3 is 0 Å². The number of likely N-dealkylation sites (tertiary alicyclic amines) is 1. The second-order valence-corrected chi connectivity index (χ2v) is 8.33. The second-order valence-electron chi connectivity index (χ2n) is 7.42. The van der Waals surface area contributed by atoms with Gasteiger partial charge in [0.05, 0.1) is 0 Å². The standard InChI is InChI=1S/C25H26FNS/c1-2-19-16-24(28-18-19)25(21-8-10-23(26)11-9-21)22-12-14-27(15-13-22)17-20-6-4-3-5-7-20/h3-11,16,18H,2,12-15,17H2,1H3. The fourth-order valence-corrected chi connectivity index (χ4v) is 5.01. The Balaban J connectivity index is 1.59. The van der Waals surface area contributed by atoms with Gasteiger partial charge < -0.3 is 0 Å². The molecule has 2 heterocycles. The third-order valence-electron chi connectivity index (χ3n) is 5.50. The van der Waals surface area contributed by atoms with Crippen LogP contribution in [0.25, 0.3) is 5.57 Å². The molecular weight excluding hydrogens is 365 g/mol. The highest BCUT2D eigenvalue weighted by Crippen LogP contribution is 2.36. The molecule has 0 spiro atoms. The van der Waals surface area contributed by atoms with Crippen molar-refractivity contribution in [2.75, 3.05) is 13.1 Å². The molecular formula is C25H26FNS. The molecule has 0 amide bonds. The minimum absolute atomic E-state index is 0.175. The average Bonchev–Trinajstić information content (AvgIpc) is 3.20. The molecule has 1 aliphatic rings. The molecule has 0 bridgehead atoms. The zero-order valence-corrected chi connectivity index (χ0v) is 17.1. The van der Waals surface area contributed by atoms with E-state index in [1.807, 2.05) is 23.5 Å². The summed E-state index contributed by atoms with van der Waals surface area (Å²) >= 11 is 1.81. The summed E-state index contributed by atoms with van der Waals surface area (Å²) in [7, 11) is 0. The zero-order valence-electron chi connectivity index (χ0n) is 16.3. The van der Waals surface area contributed by atoms with E-state index in [4.69, 9.17) is 0 Å². The lowest BCUT2D eigenvalue weighted by atomic mass is 9.91. The van der Waals surface area contributed by atoms with E-state index in [0.717, 1.165) is 44.5 Å². The zero-order chi connectivity index (χ0) is 19.3.